The second-order valence-electron chi connectivity index (χ2n) is 6.75. The van der Waals surface area contributed by atoms with Crippen molar-refractivity contribution in [3.05, 3.63) is 33.9 Å². The highest BCUT2D eigenvalue weighted by molar-refractivity contribution is 6.01. The van der Waals surface area contributed by atoms with Gasteiger partial charge in [0.2, 0.25) is 5.75 Å². The first-order valence-electron chi connectivity index (χ1n) is 9.63. The number of anilines is 1. The van der Waals surface area contributed by atoms with Gasteiger partial charge in [0.1, 0.15) is 0 Å². The minimum Gasteiger partial charge on any atom is -0.486 e. The van der Waals surface area contributed by atoms with Gasteiger partial charge < -0.3 is 19.1 Å². The van der Waals surface area contributed by atoms with E-state index in [1.807, 2.05) is 11.8 Å². The molecule has 0 atom stereocenters. The summed E-state index contributed by atoms with van der Waals surface area (Å²) in [5.74, 6) is -1.22. The van der Waals surface area contributed by atoms with Crippen LogP contribution in [0.5, 0.6) is 5.75 Å². The minimum absolute atomic E-state index is 0.0998. The number of hydrogen-bond acceptors (Lipinski definition) is 8. The number of ether oxygens (including phenoxy) is 3. The number of esters is 1. The lowest BCUT2D eigenvalue weighted by Crippen LogP contribution is -2.37. The second-order valence-corrected chi connectivity index (χ2v) is 6.75. The van der Waals surface area contributed by atoms with Crippen LogP contribution in [0.25, 0.3) is 5.65 Å². The van der Waals surface area contributed by atoms with E-state index in [-0.39, 0.29) is 35.0 Å². The molecule has 0 N–H and O–H groups in total. The predicted octanol–water partition coefficient (Wildman–Crippen LogP) is 1.70. The van der Waals surface area contributed by atoms with Crippen LogP contribution in [-0.2, 0) is 9.47 Å². The third kappa shape index (κ3) is 4.24. The summed E-state index contributed by atoms with van der Waals surface area (Å²) >= 11 is 0. The van der Waals surface area contributed by atoms with Gasteiger partial charge in [-0.1, -0.05) is 13.3 Å². The number of methoxy groups -OCH3 is 1. The third-order valence-electron chi connectivity index (χ3n) is 4.75. The number of ketones is 1. The zero-order chi connectivity index (χ0) is 21.0. The molecule has 0 radical (unpaired) electrons. The standard InChI is InChI=1S/C20H25N3O6/c1-4-5-8-29-17-16(20(26)27-3)21-18-15(13(2)24)11-14(12-23(18)19(17)25)22-6-9-28-10-7-22/h11-12H,4-10H2,1-3H3. The molecule has 1 aliphatic heterocycles. The number of aromatic nitrogens is 2. The van der Waals surface area contributed by atoms with Gasteiger partial charge >= 0.3 is 11.5 Å². The SMILES string of the molecule is CCCCOc1c(C(=O)OC)nc2c(C(C)=O)cc(N3CCOCC3)cn2c1=O. The van der Waals surface area contributed by atoms with Gasteiger partial charge in [-0.3, -0.25) is 14.0 Å². The van der Waals surface area contributed by atoms with E-state index < -0.39 is 11.5 Å². The Morgan fingerprint density at radius 1 is 1.28 bits per heavy atom. The molecule has 1 aliphatic rings. The number of pyridine rings is 1. The van der Waals surface area contributed by atoms with Gasteiger partial charge in [-0.15, -0.1) is 0 Å². The fraction of sp³-hybridized carbons (Fsp3) is 0.500. The van der Waals surface area contributed by atoms with Crippen LogP contribution in [0, 0.1) is 0 Å². The highest BCUT2D eigenvalue weighted by Gasteiger charge is 2.25. The molecule has 0 amide bonds. The molecular formula is C20H25N3O6. The van der Waals surface area contributed by atoms with Crippen LogP contribution in [0.3, 0.4) is 0 Å². The first-order valence-corrected chi connectivity index (χ1v) is 9.63. The number of carbonyl (C=O) groups is 2. The Morgan fingerprint density at radius 3 is 2.62 bits per heavy atom. The van der Waals surface area contributed by atoms with Crippen LogP contribution in [0.2, 0.25) is 0 Å². The Bertz CT molecular complexity index is 978. The number of Topliss-reactive ketones (excluding diaryl/α,β-unsaturated/α-hetero) is 1. The summed E-state index contributed by atoms with van der Waals surface area (Å²) in [5.41, 5.74) is 0.277. The van der Waals surface area contributed by atoms with Crippen molar-refractivity contribution >= 4 is 23.1 Å². The van der Waals surface area contributed by atoms with Gasteiger partial charge in [-0.05, 0) is 19.4 Å². The van der Waals surface area contributed by atoms with E-state index in [1.54, 1.807) is 12.3 Å². The van der Waals surface area contributed by atoms with Crippen molar-refractivity contribution in [3.63, 3.8) is 0 Å². The van der Waals surface area contributed by atoms with Crippen molar-refractivity contribution in [1.29, 1.82) is 0 Å². The quantitative estimate of drug-likeness (QED) is 0.391. The van der Waals surface area contributed by atoms with E-state index in [0.717, 1.165) is 12.8 Å². The topological polar surface area (TPSA) is 99.4 Å². The maximum atomic E-state index is 13.2. The van der Waals surface area contributed by atoms with Crippen LogP contribution in [0.1, 0.15) is 47.5 Å². The molecule has 3 heterocycles. The number of unbranched alkanes of at least 4 members (excludes halogenated alkanes) is 1. The lowest BCUT2D eigenvalue weighted by molar-refractivity contribution is 0.0588. The molecule has 0 spiro atoms. The zero-order valence-corrected chi connectivity index (χ0v) is 16.9. The van der Waals surface area contributed by atoms with E-state index in [9.17, 15) is 14.4 Å². The number of carbonyl (C=O) groups excluding carboxylic acids is 2. The Morgan fingerprint density at radius 2 is 2.00 bits per heavy atom. The summed E-state index contributed by atoms with van der Waals surface area (Å²) in [6.07, 6.45) is 3.21. The molecule has 0 aliphatic carbocycles. The van der Waals surface area contributed by atoms with Crippen molar-refractivity contribution in [3.8, 4) is 5.75 Å². The van der Waals surface area contributed by atoms with Gasteiger partial charge in [0.25, 0.3) is 0 Å². The maximum absolute atomic E-state index is 13.2. The molecule has 1 fully saturated rings. The number of rotatable bonds is 7. The molecule has 2 aromatic heterocycles. The summed E-state index contributed by atoms with van der Waals surface area (Å²) in [4.78, 5) is 44.1. The molecule has 156 valence electrons. The third-order valence-corrected chi connectivity index (χ3v) is 4.75. The summed E-state index contributed by atoms with van der Waals surface area (Å²) in [6.45, 7) is 6.07. The average Bonchev–Trinajstić information content (AvgIpc) is 2.74. The molecule has 0 bridgehead atoms. The molecule has 0 unspecified atom stereocenters. The van der Waals surface area contributed by atoms with E-state index in [4.69, 9.17) is 14.2 Å². The van der Waals surface area contributed by atoms with Crippen LogP contribution in [-0.4, -0.2) is 61.2 Å². The zero-order valence-electron chi connectivity index (χ0n) is 16.9. The summed E-state index contributed by atoms with van der Waals surface area (Å²) in [5, 5.41) is 0. The highest BCUT2D eigenvalue weighted by Crippen LogP contribution is 2.23. The van der Waals surface area contributed by atoms with Gasteiger partial charge in [-0.25, -0.2) is 9.78 Å². The van der Waals surface area contributed by atoms with Crippen LogP contribution in [0.4, 0.5) is 5.69 Å². The maximum Gasteiger partial charge on any atom is 0.360 e. The van der Waals surface area contributed by atoms with Gasteiger partial charge in [0.15, 0.2) is 17.1 Å². The molecule has 9 nitrogen and oxygen atoms in total. The number of fused-ring (bicyclic) bond motifs is 1. The fourth-order valence-electron chi connectivity index (χ4n) is 3.15. The van der Waals surface area contributed by atoms with Gasteiger partial charge in [-0.2, -0.15) is 0 Å². The molecule has 1 saturated heterocycles. The first-order chi connectivity index (χ1) is 14.0. The summed E-state index contributed by atoms with van der Waals surface area (Å²) in [6, 6.07) is 1.69. The molecule has 3 rings (SSSR count). The fourth-order valence-corrected chi connectivity index (χ4v) is 3.15. The average molecular weight is 403 g/mol. The number of morpholine rings is 1. The van der Waals surface area contributed by atoms with Crippen molar-refractivity contribution in [2.24, 2.45) is 0 Å². The molecule has 29 heavy (non-hydrogen) atoms. The lowest BCUT2D eigenvalue weighted by Gasteiger charge is -2.29. The Labute approximate surface area is 168 Å². The molecule has 0 aromatic carbocycles. The van der Waals surface area contributed by atoms with E-state index >= 15 is 0 Å². The summed E-state index contributed by atoms with van der Waals surface area (Å²) in [7, 11) is 1.20. The van der Waals surface area contributed by atoms with E-state index in [0.29, 0.717) is 32.0 Å². The van der Waals surface area contributed by atoms with Gasteiger partial charge in [0, 0.05) is 19.3 Å². The number of nitrogens with zero attached hydrogens (tertiary/aromatic N) is 3. The predicted molar refractivity (Wildman–Crippen MR) is 106 cm³/mol. The minimum atomic E-state index is -0.789. The van der Waals surface area contributed by atoms with E-state index in [1.165, 1.54) is 18.4 Å². The Kier molecular flexibility index (Phi) is 6.48. The smallest absolute Gasteiger partial charge is 0.360 e. The van der Waals surface area contributed by atoms with Crippen molar-refractivity contribution in [1.82, 2.24) is 9.38 Å². The van der Waals surface area contributed by atoms with E-state index in [2.05, 4.69) is 4.98 Å². The van der Waals surface area contributed by atoms with Gasteiger partial charge in [0.05, 0.1) is 38.2 Å². The lowest BCUT2D eigenvalue weighted by atomic mass is 10.1. The normalized spacial score (nSPS) is 14.1. The van der Waals surface area contributed by atoms with Crippen molar-refractivity contribution in [2.45, 2.75) is 26.7 Å². The summed E-state index contributed by atoms with van der Waals surface area (Å²) < 4.78 is 17.0. The highest BCUT2D eigenvalue weighted by atomic mass is 16.5. The van der Waals surface area contributed by atoms with Crippen LogP contribution >= 0.6 is 0 Å². The molecule has 2 aromatic rings. The molecule has 0 saturated carbocycles. The number of hydrogen-bond donors (Lipinski definition) is 0. The first kappa shape index (κ1) is 20.8. The molecular weight excluding hydrogens is 378 g/mol. The monoisotopic (exact) mass is 403 g/mol. The van der Waals surface area contributed by atoms with Crippen molar-refractivity contribution < 1.29 is 23.8 Å². The van der Waals surface area contributed by atoms with Crippen molar-refractivity contribution in [2.75, 3.05) is 44.9 Å². The second kappa shape index (κ2) is 9.04. The Hall–Kier alpha value is -2.94. The van der Waals surface area contributed by atoms with Crippen LogP contribution < -0.4 is 15.2 Å². The van der Waals surface area contributed by atoms with Crippen LogP contribution in [0.15, 0.2) is 17.1 Å². The largest absolute Gasteiger partial charge is 0.486 e. The molecule has 9 heteroatoms. The Balaban J connectivity index is 2.23.